The van der Waals surface area contributed by atoms with Gasteiger partial charge in [0.15, 0.2) is 11.6 Å². The number of nitrogens with one attached hydrogen (secondary N) is 1. The number of aromatic nitrogens is 2. The summed E-state index contributed by atoms with van der Waals surface area (Å²) >= 11 is 12.1. The number of hydrogen-bond donors (Lipinski definition) is 2. The first-order valence-corrected chi connectivity index (χ1v) is 8.63. The van der Waals surface area contributed by atoms with E-state index < -0.39 is 0 Å². The van der Waals surface area contributed by atoms with E-state index in [2.05, 4.69) is 32.0 Å². The Morgan fingerprint density at radius 2 is 1.75 bits per heavy atom. The van der Waals surface area contributed by atoms with Gasteiger partial charge in [0.25, 0.3) is 0 Å². The molecule has 24 heavy (non-hydrogen) atoms. The Hall–Kier alpha value is -1.76. The number of benzene rings is 1. The van der Waals surface area contributed by atoms with Gasteiger partial charge in [-0.05, 0) is 24.7 Å². The first kappa shape index (κ1) is 17.1. The summed E-state index contributed by atoms with van der Waals surface area (Å²) in [5.41, 5.74) is 7.56. The van der Waals surface area contributed by atoms with Gasteiger partial charge < -0.3 is 20.9 Å². The number of likely N-dealkylation sites (N-methyl/N-ethyl adjacent to an activating group) is 1. The molecule has 2 aromatic rings. The smallest absolute Gasteiger partial charge is 0.159 e. The van der Waals surface area contributed by atoms with Crippen LogP contribution in [0.1, 0.15) is 6.92 Å². The van der Waals surface area contributed by atoms with Crippen LogP contribution in [0.5, 0.6) is 0 Å². The first-order valence-electron chi connectivity index (χ1n) is 7.87. The van der Waals surface area contributed by atoms with E-state index >= 15 is 0 Å². The summed E-state index contributed by atoms with van der Waals surface area (Å²) < 4.78 is 0. The van der Waals surface area contributed by atoms with Gasteiger partial charge in [0, 0.05) is 41.9 Å². The van der Waals surface area contributed by atoms with E-state index in [9.17, 15) is 0 Å². The highest BCUT2D eigenvalue weighted by atomic mass is 35.5. The molecular formula is C16H20Cl2N6. The fraction of sp³-hybridized carbons (Fsp3) is 0.375. The second-order valence-corrected chi connectivity index (χ2v) is 6.54. The van der Waals surface area contributed by atoms with Crippen LogP contribution in [0.25, 0.3) is 0 Å². The fourth-order valence-corrected chi connectivity index (χ4v) is 3.30. The minimum Gasteiger partial charge on any atom is -0.393 e. The van der Waals surface area contributed by atoms with Gasteiger partial charge in [-0.15, -0.1) is 0 Å². The maximum atomic E-state index is 6.30. The van der Waals surface area contributed by atoms with Crippen LogP contribution in [0.4, 0.5) is 23.0 Å². The molecule has 0 unspecified atom stereocenters. The van der Waals surface area contributed by atoms with E-state index in [1.165, 1.54) is 6.33 Å². The van der Waals surface area contributed by atoms with Gasteiger partial charge in [0.1, 0.15) is 12.0 Å². The van der Waals surface area contributed by atoms with Crippen LogP contribution in [0.2, 0.25) is 10.0 Å². The molecule has 0 aliphatic carbocycles. The van der Waals surface area contributed by atoms with Crippen LogP contribution in [0.3, 0.4) is 0 Å². The SMILES string of the molecule is CCN1CCN(c2ncnc(Nc3cc(Cl)cc(Cl)c3)c2N)CC1. The number of hydrogen-bond acceptors (Lipinski definition) is 6. The van der Waals surface area contributed by atoms with Crippen molar-refractivity contribution in [3.8, 4) is 0 Å². The number of nitrogen functional groups attached to an aromatic ring is 1. The minimum absolute atomic E-state index is 0.526. The highest BCUT2D eigenvalue weighted by molar-refractivity contribution is 6.35. The van der Waals surface area contributed by atoms with Crippen molar-refractivity contribution in [1.82, 2.24) is 14.9 Å². The Labute approximate surface area is 151 Å². The van der Waals surface area contributed by atoms with Crippen LogP contribution in [0, 0.1) is 0 Å². The number of halogens is 2. The van der Waals surface area contributed by atoms with Gasteiger partial charge in [-0.2, -0.15) is 0 Å². The Balaban J connectivity index is 1.81. The monoisotopic (exact) mass is 366 g/mol. The van der Waals surface area contributed by atoms with Gasteiger partial charge >= 0.3 is 0 Å². The maximum absolute atomic E-state index is 6.30. The average molecular weight is 367 g/mol. The van der Waals surface area contributed by atoms with Crippen molar-refractivity contribution in [1.29, 1.82) is 0 Å². The van der Waals surface area contributed by atoms with Crippen LogP contribution < -0.4 is 16.0 Å². The lowest BCUT2D eigenvalue weighted by Gasteiger charge is -2.35. The molecule has 1 aliphatic heterocycles. The predicted molar refractivity (Wildman–Crippen MR) is 101 cm³/mol. The molecule has 128 valence electrons. The summed E-state index contributed by atoms with van der Waals surface area (Å²) in [6.45, 7) is 7.05. The van der Waals surface area contributed by atoms with Crippen LogP contribution in [-0.4, -0.2) is 47.6 Å². The first-order chi connectivity index (χ1) is 11.6. The molecule has 2 heterocycles. The molecule has 6 nitrogen and oxygen atoms in total. The number of nitrogens with zero attached hydrogens (tertiary/aromatic N) is 4. The van der Waals surface area contributed by atoms with Crippen molar-refractivity contribution in [3.05, 3.63) is 34.6 Å². The Kier molecular flexibility index (Phi) is 5.28. The topological polar surface area (TPSA) is 70.3 Å². The average Bonchev–Trinajstić information content (AvgIpc) is 2.56. The lowest BCUT2D eigenvalue weighted by molar-refractivity contribution is 0.270. The normalized spacial score (nSPS) is 15.5. The van der Waals surface area contributed by atoms with Crippen molar-refractivity contribution in [2.75, 3.05) is 48.7 Å². The molecule has 0 amide bonds. The van der Waals surface area contributed by atoms with Gasteiger partial charge in [0.05, 0.1) is 0 Å². The van der Waals surface area contributed by atoms with Crippen LogP contribution >= 0.6 is 23.2 Å². The van der Waals surface area contributed by atoms with Gasteiger partial charge in [-0.1, -0.05) is 30.1 Å². The third kappa shape index (κ3) is 3.83. The second-order valence-electron chi connectivity index (χ2n) is 5.66. The standard InChI is InChI=1S/C16H20Cl2N6/c1-2-23-3-5-24(6-4-23)16-14(19)15(20-10-21-16)22-13-8-11(17)7-12(18)9-13/h7-10H,2-6,19H2,1H3,(H,20,21,22). The molecule has 0 radical (unpaired) electrons. The molecule has 1 aromatic heterocycles. The van der Waals surface area contributed by atoms with Crippen molar-refractivity contribution in [2.45, 2.75) is 6.92 Å². The molecule has 3 N–H and O–H groups in total. The zero-order valence-corrected chi connectivity index (χ0v) is 15.0. The second kappa shape index (κ2) is 7.42. The van der Waals surface area contributed by atoms with E-state index in [-0.39, 0.29) is 0 Å². The highest BCUT2D eigenvalue weighted by Crippen LogP contribution is 2.31. The van der Waals surface area contributed by atoms with Gasteiger partial charge in [-0.3, -0.25) is 0 Å². The summed E-state index contributed by atoms with van der Waals surface area (Å²) in [6, 6.07) is 5.22. The molecule has 3 rings (SSSR count). The van der Waals surface area contributed by atoms with E-state index in [1.54, 1.807) is 18.2 Å². The van der Waals surface area contributed by atoms with Crippen molar-refractivity contribution >= 4 is 46.2 Å². The Bertz CT molecular complexity index is 695. The highest BCUT2D eigenvalue weighted by Gasteiger charge is 2.20. The number of rotatable bonds is 4. The molecule has 1 saturated heterocycles. The lowest BCUT2D eigenvalue weighted by Crippen LogP contribution is -2.46. The van der Waals surface area contributed by atoms with E-state index in [4.69, 9.17) is 28.9 Å². The molecule has 0 spiro atoms. The van der Waals surface area contributed by atoms with E-state index in [0.29, 0.717) is 21.6 Å². The zero-order valence-electron chi connectivity index (χ0n) is 13.5. The number of nitrogens with two attached hydrogens (primary N) is 1. The largest absolute Gasteiger partial charge is 0.393 e. The molecule has 8 heteroatoms. The quantitative estimate of drug-likeness (QED) is 0.865. The maximum Gasteiger partial charge on any atom is 0.159 e. The molecule has 1 aromatic carbocycles. The van der Waals surface area contributed by atoms with Crippen LogP contribution in [0.15, 0.2) is 24.5 Å². The molecule has 0 bridgehead atoms. The van der Waals surface area contributed by atoms with Crippen molar-refractivity contribution < 1.29 is 0 Å². The summed E-state index contributed by atoms with van der Waals surface area (Å²) in [7, 11) is 0. The summed E-state index contributed by atoms with van der Waals surface area (Å²) in [5, 5.41) is 4.27. The summed E-state index contributed by atoms with van der Waals surface area (Å²) in [5.74, 6) is 1.31. The van der Waals surface area contributed by atoms with E-state index in [1.807, 2.05) is 0 Å². The lowest BCUT2D eigenvalue weighted by atomic mass is 10.2. The zero-order chi connectivity index (χ0) is 17.1. The fourth-order valence-electron chi connectivity index (χ4n) is 2.78. The predicted octanol–water partition coefficient (Wildman–Crippen LogP) is 3.25. The summed E-state index contributed by atoms with van der Waals surface area (Å²) in [6.07, 6.45) is 1.52. The molecule has 1 fully saturated rings. The minimum atomic E-state index is 0.526. The van der Waals surface area contributed by atoms with E-state index in [0.717, 1.165) is 44.2 Å². The van der Waals surface area contributed by atoms with Crippen molar-refractivity contribution in [2.24, 2.45) is 0 Å². The van der Waals surface area contributed by atoms with Gasteiger partial charge in [0.2, 0.25) is 0 Å². The third-order valence-electron chi connectivity index (χ3n) is 4.11. The molecule has 0 atom stereocenters. The summed E-state index contributed by atoms with van der Waals surface area (Å²) in [4.78, 5) is 13.2. The molecule has 0 saturated carbocycles. The third-order valence-corrected chi connectivity index (χ3v) is 4.54. The number of piperazine rings is 1. The molecule has 1 aliphatic rings. The Morgan fingerprint density at radius 3 is 2.38 bits per heavy atom. The van der Waals surface area contributed by atoms with Gasteiger partial charge in [-0.25, -0.2) is 9.97 Å². The van der Waals surface area contributed by atoms with Crippen molar-refractivity contribution in [3.63, 3.8) is 0 Å². The number of anilines is 4. The van der Waals surface area contributed by atoms with Crippen LogP contribution in [-0.2, 0) is 0 Å². The Morgan fingerprint density at radius 1 is 1.08 bits per heavy atom. The molecular weight excluding hydrogens is 347 g/mol.